The smallest absolute Gasteiger partial charge is 0.243 e. The predicted molar refractivity (Wildman–Crippen MR) is 117 cm³/mol. The van der Waals surface area contributed by atoms with Gasteiger partial charge in [-0.05, 0) is 56.2 Å². The van der Waals surface area contributed by atoms with Gasteiger partial charge in [0.2, 0.25) is 10.0 Å². The SMILES string of the molecule is COc1ccc(S(=O)(=O)N2CCCC2)cc1NC(=S)NCCCN1CCOCC1. The van der Waals surface area contributed by atoms with Crippen LogP contribution in [-0.4, -0.2) is 82.3 Å². The number of anilines is 1. The average molecular weight is 443 g/mol. The number of methoxy groups -OCH3 is 1. The Morgan fingerprint density at radius 3 is 2.62 bits per heavy atom. The fourth-order valence-electron chi connectivity index (χ4n) is 3.52. The first-order chi connectivity index (χ1) is 14.0. The minimum Gasteiger partial charge on any atom is -0.495 e. The molecule has 2 fully saturated rings. The van der Waals surface area contributed by atoms with E-state index in [1.807, 2.05) is 0 Å². The summed E-state index contributed by atoms with van der Waals surface area (Å²) >= 11 is 5.39. The molecule has 2 aliphatic rings. The molecule has 2 heterocycles. The molecule has 1 aromatic rings. The topological polar surface area (TPSA) is 83.1 Å². The summed E-state index contributed by atoms with van der Waals surface area (Å²) in [5, 5.41) is 6.71. The minimum absolute atomic E-state index is 0.248. The van der Waals surface area contributed by atoms with E-state index < -0.39 is 10.0 Å². The predicted octanol–water partition coefficient (Wildman–Crippen LogP) is 1.49. The Hall–Kier alpha value is -1.46. The Bertz CT molecular complexity index is 791. The number of thiocarbonyl (C=S) groups is 1. The fourth-order valence-corrected chi connectivity index (χ4v) is 5.27. The number of hydrogen-bond acceptors (Lipinski definition) is 6. The molecule has 0 bridgehead atoms. The number of sulfonamides is 1. The lowest BCUT2D eigenvalue weighted by Gasteiger charge is -2.26. The van der Waals surface area contributed by atoms with Gasteiger partial charge in [-0.1, -0.05) is 0 Å². The van der Waals surface area contributed by atoms with Gasteiger partial charge < -0.3 is 20.1 Å². The molecule has 0 saturated carbocycles. The summed E-state index contributed by atoms with van der Waals surface area (Å²) in [6.07, 6.45) is 2.76. The van der Waals surface area contributed by atoms with E-state index in [1.165, 1.54) is 4.31 Å². The summed E-state index contributed by atoms with van der Waals surface area (Å²) in [6, 6.07) is 4.83. The minimum atomic E-state index is -3.50. The van der Waals surface area contributed by atoms with Crippen molar-refractivity contribution in [1.82, 2.24) is 14.5 Å². The molecule has 0 aliphatic carbocycles. The van der Waals surface area contributed by atoms with Crippen LogP contribution in [0.2, 0.25) is 0 Å². The second-order valence-corrected chi connectivity index (χ2v) is 9.51. The van der Waals surface area contributed by atoms with E-state index in [1.54, 1.807) is 25.3 Å². The Morgan fingerprint density at radius 2 is 1.93 bits per heavy atom. The summed E-state index contributed by atoms with van der Waals surface area (Å²) in [7, 11) is -1.95. The molecule has 2 aliphatic heterocycles. The summed E-state index contributed by atoms with van der Waals surface area (Å²) in [5.74, 6) is 0.544. The molecule has 0 amide bonds. The van der Waals surface area contributed by atoms with Crippen molar-refractivity contribution in [3.8, 4) is 5.75 Å². The van der Waals surface area contributed by atoms with Gasteiger partial charge in [0.25, 0.3) is 0 Å². The van der Waals surface area contributed by atoms with Crippen molar-refractivity contribution in [2.75, 3.05) is 64.9 Å². The second kappa shape index (κ2) is 10.5. The summed E-state index contributed by atoms with van der Waals surface area (Å²) in [4.78, 5) is 2.62. The van der Waals surface area contributed by atoms with Crippen molar-refractivity contribution < 1.29 is 17.9 Å². The van der Waals surface area contributed by atoms with Crippen LogP contribution >= 0.6 is 12.2 Å². The van der Waals surface area contributed by atoms with E-state index >= 15 is 0 Å². The van der Waals surface area contributed by atoms with E-state index in [2.05, 4.69) is 15.5 Å². The van der Waals surface area contributed by atoms with Crippen molar-refractivity contribution in [2.45, 2.75) is 24.2 Å². The van der Waals surface area contributed by atoms with Gasteiger partial charge in [-0.15, -0.1) is 0 Å². The van der Waals surface area contributed by atoms with E-state index in [0.717, 1.165) is 58.7 Å². The molecule has 2 N–H and O–H groups in total. The number of rotatable bonds is 8. The molecular formula is C19H30N4O4S2. The third-order valence-electron chi connectivity index (χ3n) is 5.16. The van der Waals surface area contributed by atoms with Crippen molar-refractivity contribution >= 4 is 33.0 Å². The van der Waals surface area contributed by atoms with E-state index in [-0.39, 0.29) is 4.90 Å². The Labute approximate surface area is 178 Å². The maximum Gasteiger partial charge on any atom is 0.243 e. The van der Waals surface area contributed by atoms with Crippen LogP contribution in [0, 0.1) is 0 Å². The number of morpholine rings is 1. The molecule has 29 heavy (non-hydrogen) atoms. The lowest BCUT2D eigenvalue weighted by Crippen LogP contribution is -2.38. The van der Waals surface area contributed by atoms with Crippen LogP contribution in [0.5, 0.6) is 5.75 Å². The van der Waals surface area contributed by atoms with E-state index in [9.17, 15) is 8.42 Å². The lowest BCUT2D eigenvalue weighted by atomic mass is 10.3. The van der Waals surface area contributed by atoms with Gasteiger partial charge in [-0.3, -0.25) is 4.90 Å². The zero-order chi connectivity index (χ0) is 20.7. The van der Waals surface area contributed by atoms with Crippen molar-refractivity contribution in [1.29, 1.82) is 0 Å². The Balaban J connectivity index is 1.56. The van der Waals surface area contributed by atoms with Gasteiger partial charge in [0.15, 0.2) is 5.11 Å². The highest BCUT2D eigenvalue weighted by molar-refractivity contribution is 7.89. The van der Waals surface area contributed by atoms with Crippen LogP contribution < -0.4 is 15.4 Å². The standard InChI is InChI=1S/C19H30N4O4S2/c1-26-18-6-5-16(29(24,25)23-9-2-3-10-23)15-17(18)21-19(28)20-7-4-8-22-11-13-27-14-12-22/h5-6,15H,2-4,7-14H2,1H3,(H2,20,21,28). The monoisotopic (exact) mass is 442 g/mol. The third kappa shape index (κ3) is 6.02. The van der Waals surface area contributed by atoms with Gasteiger partial charge in [0.1, 0.15) is 5.75 Å². The molecule has 0 unspecified atom stereocenters. The molecular weight excluding hydrogens is 412 g/mol. The van der Waals surface area contributed by atoms with Crippen LogP contribution in [0.3, 0.4) is 0 Å². The highest BCUT2D eigenvalue weighted by atomic mass is 32.2. The maximum atomic E-state index is 12.8. The summed E-state index contributed by atoms with van der Waals surface area (Å²) in [5.41, 5.74) is 0.540. The van der Waals surface area contributed by atoms with E-state index in [4.69, 9.17) is 21.7 Å². The lowest BCUT2D eigenvalue weighted by molar-refractivity contribution is 0.0376. The molecule has 3 rings (SSSR count). The molecule has 1 aromatic carbocycles. The van der Waals surface area contributed by atoms with E-state index in [0.29, 0.717) is 29.6 Å². The molecule has 0 spiro atoms. The first-order valence-corrected chi connectivity index (χ1v) is 11.9. The van der Waals surface area contributed by atoms with Crippen molar-refractivity contribution in [2.24, 2.45) is 0 Å². The summed E-state index contributed by atoms with van der Waals surface area (Å²) < 4.78 is 37.9. The number of nitrogens with zero attached hydrogens (tertiary/aromatic N) is 2. The number of ether oxygens (including phenoxy) is 2. The van der Waals surface area contributed by atoms with Crippen LogP contribution in [-0.2, 0) is 14.8 Å². The molecule has 162 valence electrons. The number of benzene rings is 1. The van der Waals surface area contributed by atoms with Gasteiger partial charge in [-0.25, -0.2) is 8.42 Å². The largest absolute Gasteiger partial charge is 0.495 e. The number of hydrogen-bond donors (Lipinski definition) is 2. The van der Waals surface area contributed by atoms with Crippen LogP contribution in [0.1, 0.15) is 19.3 Å². The number of nitrogens with one attached hydrogen (secondary N) is 2. The van der Waals surface area contributed by atoms with Gasteiger partial charge >= 0.3 is 0 Å². The zero-order valence-corrected chi connectivity index (χ0v) is 18.5. The highest BCUT2D eigenvalue weighted by Crippen LogP contribution is 2.30. The first-order valence-electron chi connectivity index (χ1n) is 10.0. The molecule has 8 nitrogen and oxygen atoms in total. The molecule has 2 saturated heterocycles. The third-order valence-corrected chi connectivity index (χ3v) is 7.30. The second-order valence-electron chi connectivity index (χ2n) is 7.16. The maximum absolute atomic E-state index is 12.8. The van der Waals surface area contributed by atoms with Gasteiger partial charge in [0.05, 0.1) is 30.9 Å². The van der Waals surface area contributed by atoms with Crippen molar-refractivity contribution in [3.05, 3.63) is 18.2 Å². The zero-order valence-electron chi connectivity index (χ0n) is 16.9. The molecule has 10 heteroatoms. The molecule has 0 atom stereocenters. The summed E-state index contributed by atoms with van der Waals surface area (Å²) in [6.45, 7) is 6.40. The molecule has 0 aromatic heterocycles. The fraction of sp³-hybridized carbons (Fsp3) is 0.632. The normalized spacial score (nSPS) is 18.5. The Kier molecular flexibility index (Phi) is 8.07. The van der Waals surface area contributed by atoms with Gasteiger partial charge in [0, 0.05) is 32.7 Å². The van der Waals surface area contributed by atoms with Crippen LogP contribution in [0.4, 0.5) is 5.69 Å². The first kappa shape index (κ1) is 22.2. The van der Waals surface area contributed by atoms with Crippen molar-refractivity contribution in [3.63, 3.8) is 0 Å². The van der Waals surface area contributed by atoms with Gasteiger partial charge in [-0.2, -0.15) is 4.31 Å². The molecule has 0 radical (unpaired) electrons. The quantitative estimate of drug-likeness (QED) is 0.463. The average Bonchev–Trinajstić information content (AvgIpc) is 3.28. The van der Waals surface area contributed by atoms with Crippen LogP contribution in [0.15, 0.2) is 23.1 Å². The highest BCUT2D eigenvalue weighted by Gasteiger charge is 2.28. The Morgan fingerprint density at radius 1 is 1.21 bits per heavy atom. The van der Waals surface area contributed by atoms with Crippen LogP contribution in [0.25, 0.3) is 0 Å².